The lowest BCUT2D eigenvalue weighted by Gasteiger charge is -2.26. The van der Waals surface area contributed by atoms with Gasteiger partial charge in [-0.15, -0.1) is 0 Å². The van der Waals surface area contributed by atoms with Crippen LogP contribution in [0.4, 0.5) is 9.18 Å². The van der Waals surface area contributed by atoms with Crippen LogP contribution >= 0.6 is 0 Å². The Balaban J connectivity index is 2.08. The number of hydrogen-bond acceptors (Lipinski definition) is 3. The summed E-state index contributed by atoms with van der Waals surface area (Å²) in [6.45, 7) is 8.08. The molecule has 1 saturated heterocycles. The van der Waals surface area contributed by atoms with Crippen molar-refractivity contribution in [2.24, 2.45) is 0 Å². The van der Waals surface area contributed by atoms with E-state index in [1.165, 1.54) is 6.07 Å². The van der Waals surface area contributed by atoms with E-state index in [4.69, 9.17) is 4.74 Å². The van der Waals surface area contributed by atoms with Crippen molar-refractivity contribution in [3.05, 3.63) is 35.6 Å². The Labute approximate surface area is 154 Å². The van der Waals surface area contributed by atoms with E-state index >= 15 is 0 Å². The molecular weight excluding hydrogens is 335 g/mol. The lowest BCUT2D eigenvalue weighted by molar-refractivity contribution is -0.132. The zero-order valence-electron chi connectivity index (χ0n) is 16.0. The van der Waals surface area contributed by atoms with E-state index < -0.39 is 17.7 Å². The molecule has 2 atom stereocenters. The number of rotatable bonds is 5. The van der Waals surface area contributed by atoms with E-state index in [1.54, 1.807) is 39.0 Å². The Morgan fingerprint density at radius 3 is 2.62 bits per heavy atom. The summed E-state index contributed by atoms with van der Waals surface area (Å²) in [7, 11) is 0. The summed E-state index contributed by atoms with van der Waals surface area (Å²) in [6, 6.07) is 6.09. The summed E-state index contributed by atoms with van der Waals surface area (Å²) in [4.78, 5) is 26.6. The molecule has 1 aliphatic heterocycles. The molecule has 1 aromatic rings. The average molecular weight is 364 g/mol. The molecule has 0 aromatic heterocycles. The van der Waals surface area contributed by atoms with Gasteiger partial charge in [-0.05, 0) is 58.6 Å². The molecule has 1 N–H and O–H groups in total. The Kier molecular flexibility index (Phi) is 6.62. The van der Waals surface area contributed by atoms with Crippen molar-refractivity contribution in [3.63, 3.8) is 0 Å². The van der Waals surface area contributed by atoms with Gasteiger partial charge in [-0.3, -0.25) is 4.79 Å². The van der Waals surface area contributed by atoms with E-state index in [0.717, 1.165) is 19.4 Å². The first-order valence-electron chi connectivity index (χ1n) is 9.18. The van der Waals surface area contributed by atoms with Crippen molar-refractivity contribution < 1.29 is 18.7 Å². The van der Waals surface area contributed by atoms with Gasteiger partial charge >= 0.3 is 6.09 Å². The molecule has 0 spiro atoms. The van der Waals surface area contributed by atoms with Crippen LogP contribution in [0.2, 0.25) is 0 Å². The standard InChI is InChI=1S/C20H29FN2O3/c1-14-8-7-11-23(14)18(24)13-16(22-19(25)26-20(2,3)4)12-15-9-5-6-10-17(15)21/h5-6,9-10,14,16H,7-8,11-13H2,1-4H3,(H,22,25)/t14-,16?/m1/s1. The summed E-state index contributed by atoms with van der Waals surface area (Å²) in [6.07, 6.45) is 1.74. The van der Waals surface area contributed by atoms with Crippen LogP contribution in [-0.2, 0) is 16.0 Å². The average Bonchev–Trinajstić information content (AvgIpc) is 2.93. The minimum Gasteiger partial charge on any atom is -0.444 e. The highest BCUT2D eigenvalue weighted by Crippen LogP contribution is 2.19. The third-order valence-electron chi connectivity index (χ3n) is 4.44. The highest BCUT2D eigenvalue weighted by molar-refractivity contribution is 5.78. The summed E-state index contributed by atoms with van der Waals surface area (Å²) >= 11 is 0. The minimum atomic E-state index is -0.639. The fourth-order valence-corrected chi connectivity index (χ4v) is 3.21. The Hall–Kier alpha value is -2.11. The Morgan fingerprint density at radius 2 is 2.04 bits per heavy atom. The van der Waals surface area contributed by atoms with Crippen LogP contribution in [0.5, 0.6) is 0 Å². The monoisotopic (exact) mass is 364 g/mol. The summed E-state index contributed by atoms with van der Waals surface area (Å²) in [5, 5.41) is 2.74. The second-order valence-corrected chi connectivity index (χ2v) is 7.92. The smallest absolute Gasteiger partial charge is 0.407 e. The van der Waals surface area contributed by atoms with E-state index in [1.807, 2.05) is 11.8 Å². The predicted molar refractivity (Wildman–Crippen MR) is 98.3 cm³/mol. The number of benzene rings is 1. The fraction of sp³-hybridized carbons (Fsp3) is 0.600. The number of alkyl carbamates (subject to hydrolysis) is 1. The summed E-state index contributed by atoms with van der Waals surface area (Å²) in [5.41, 5.74) is -0.170. The quantitative estimate of drug-likeness (QED) is 0.867. The zero-order valence-corrected chi connectivity index (χ0v) is 16.0. The van der Waals surface area contributed by atoms with Gasteiger partial charge in [0.2, 0.25) is 5.91 Å². The summed E-state index contributed by atoms with van der Waals surface area (Å²) < 4.78 is 19.3. The fourth-order valence-electron chi connectivity index (χ4n) is 3.21. The first kappa shape index (κ1) is 20.2. The molecule has 144 valence electrons. The number of carbonyl (C=O) groups is 2. The maximum Gasteiger partial charge on any atom is 0.407 e. The van der Waals surface area contributed by atoms with Gasteiger partial charge in [-0.1, -0.05) is 18.2 Å². The Bertz CT molecular complexity index is 642. The molecule has 0 radical (unpaired) electrons. The van der Waals surface area contributed by atoms with Crippen LogP contribution in [0.1, 0.15) is 52.5 Å². The Morgan fingerprint density at radius 1 is 1.35 bits per heavy atom. The largest absolute Gasteiger partial charge is 0.444 e. The highest BCUT2D eigenvalue weighted by Gasteiger charge is 2.29. The van der Waals surface area contributed by atoms with Crippen LogP contribution in [0.3, 0.4) is 0 Å². The van der Waals surface area contributed by atoms with Crippen molar-refractivity contribution in [3.8, 4) is 0 Å². The van der Waals surface area contributed by atoms with Gasteiger partial charge in [0.1, 0.15) is 11.4 Å². The van der Waals surface area contributed by atoms with Gasteiger partial charge in [0, 0.05) is 25.0 Å². The number of halogens is 1. The zero-order chi connectivity index (χ0) is 19.3. The van der Waals surface area contributed by atoms with Crippen molar-refractivity contribution >= 4 is 12.0 Å². The normalized spacial score (nSPS) is 18.5. The lowest BCUT2D eigenvalue weighted by atomic mass is 10.0. The van der Waals surface area contributed by atoms with Crippen molar-refractivity contribution in [2.45, 2.75) is 71.1 Å². The molecule has 5 nitrogen and oxygen atoms in total. The maximum atomic E-state index is 14.0. The van der Waals surface area contributed by atoms with E-state index in [-0.39, 0.29) is 30.6 Å². The van der Waals surface area contributed by atoms with Crippen molar-refractivity contribution in [1.82, 2.24) is 10.2 Å². The number of ether oxygens (including phenoxy) is 1. The number of carbonyl (C=O) groups excluding carboxylic acids is 2. The minimum absolute atomic E-state index is 0.0209. The molecule has 1 unspecified atom stereocenters. The molecule has 1 heterocycles. The van der Waals surface area contributed by atoms with Gasteiger partial charge in [-0.25, -0.2) is 9.18 Å². The van der Waals surface area contributed by atoms with E-state index in [9.17, 15) is 14.0 Å². The van der Waals surface area contributed by atoms with Gasteiger partial charge < -0.3 is 15.0 Å². The molecular formula is C20H29FN2O3. The van der Waals surface area contributed by atoms with Gasteiger partial charge in [-0.2, -0.15) is 0 Å². The number of nitrogens with zero attached hydrogens (tertiary/aromatic N) is 1. The molecule has 1 fully saturated rings. The van der Waals surface area contributed by atoms with Crippen LogP contribution in [0.25, 0.3) is 0 Å². The van der Waals surface area contributed by atoms with Gasteiger partial charge in [0.25, 0.3) is 0 Å². The second-order valence-electron chi connectivity index (χ2n) is 7.92. The third kappa shape index (κ3) is 6.00. The van der Waals surface area contributed by atoms with E-state index in [0.29, 0.717) is 5.56 Å². The molecule has 0 bridgehead atoms. The molecule has 2 rings (SSSR count). The molecule has 0 aliphatic carbocycles. The van der Waals surface area contributed by atoms with Gasteiger partial charge in [0.15, 0.2) is 0 Å². The number of hydrogen-bond donors (Lipinski definition) is 1. The topological polar surface area (TPSA) is 58.6 Å². The van der Waals surface area contributed by atoms with Crippen molar-refractivity contribution in [2.75, 3.05) is 6.54 Å². The molecule has 26 heavy (non-hydrogen) atoms. The molecule has 0 saturated carbocycles. The van der Waals surface area contributed by atoms with Crippen LogP contribution in [0, 0.1) is 5.82 Å². The third-order valence-corrected chi connectivity index (χ3v) is 4.44. The molecule has 1 aliphatic rings. The first-order chi connectivity index (χ1) is 12.2. The number of amides is 2. The predicted octanol–water partition coefficient (Wildman–Crippen LogP) is 3.66. The van der Waals surface area contributed by atoms with Crippen LogP contribution < -0.4 is 5.32 Å². The SMILES string of the molecule is C[C@@H]1CCCN1C(=O)CC(Cc1ccccc1F)NC(=O)OC(C)(C)C. The summed E-state index contributed by atoms with van der Waals surface area (Å²) in [5.74, 6) is -0.363. The van der Waals surface area contributed by atoms with E-state index in [2.05, 4.69) is 5.32 Å². The second kappa shape index (κ2) is 8.52. The number of nitrogens with one attached hydrogen (secondary N) is 1. The van der Waals surface area contributed by atoms with Gasteiger partial charge in [0.05, 0.1) is 0 Å². The lowest BCUT2D eigenvalue weighted by Crippen LogP contribution is -2.44. The molecule has 6 heteroatoms. The molecule has 2 amide bonds. The molecule has 1 aromatic carbocycles. The maximum absolute atomic E-state index is 14.0. The van der Waals surface area contributed by atoms with Crippen molar-refractivity contribution in [1.29, 1.82) is 0 Å². The van der Waals surface area contributed by atoms with Crippen LogP contribution in [0.15, 0.2) is 24.3 Å². The van der Waals surface area contributed by atoms with Crippen LogP contribution in [-0.4, -0.2) is 41.1 Å². The highest BCUT2D eigenvalue weighted by atomic mass is 19.1. The number of likely N-dealkylation sites (tertiary alicyclic amines) is 1. The first-order valence-corrected chi connectivity index (χ1v) is 9.18.